The zero-order valence-corrected chi connectivity index (χ0v) is 36.2. The van der Waals surface area contributed by atoms with Crippen LogP contribution in [-0.4, -0.2) is 39.0 Å². The van der Waals surface area contributed by atoms with Crippen LogP contribution >= 0.6 is 0 Å². The van der Waals surface area contributed by atoms with Gasteiger partial charge in [-0.3, -0.25) is 0 Å². The lowest BCUT2D eigenvalue weighted by atomic mass is 9.87. The minimum atomic E-state index is 0.339. The number of rotatable bonds is 6. The molecule has 0 fully saturated rings. The summed E-state index contributed by atoms with van der Waals surface area (Å²) >= 11 is 0. The molecule has 0 aliphatic heterocycles. The molecule has 0 radical (unpaired) electrons. The Kier molecular flexibility index (Phi) is 9.25. The van der Waals surface area contributed by atoms with Crippen LogP contribution in [0.2, 0.25) is 0 Å². The molecule has 0 aliphatic rings. The zero-order chi connectivity index (χ0) is 45.2. The van der Waals surface area contributed by atoms with Crippen molar-refractivity contribution in [2.24, 2.45) is 0 Å². The Balaban J connectivity index is 1.26. The maximum atomic E-state index is 11.2. The molecule has 0 bridgehead atoms. The maximum Gasteiger partial charge on any atom is 0.163 e. The summed E-state index contributed by atoms with van der Waals surface area (Å²) in [5.74, 6) is 3.76. The van der Waals surface area contributed by atoms with E-state index in [-0.39, 0.29) is 0 Å². The van der Waals surface area contributed by atoms with Crippen molar-refractivity contribution in [1.82, 2.24) is 39.0 Å². The van der Waals surface area contributed by atoms with E-state index in [1.165, 1.54) is 0 Å². The third-order valence-corrected chi connectivity index (χ3v) is 12.1. The molecule has 0 atom stereocenters. The van der Waals surface area contributed by atoms with Crippen LogP contribution in [-0.2, 0) is 0 Å². The molecule has 7 aromatic carbocycles. The molecule has 11 heteroatoms. The Morgan fingerprint density at radius 2 is 0.864 bits per heavy atom. The summed E-state index contributed by atoms with van der Waals surface area (Å²) < 4.78 is 4.46. The van der Waals surface area contributed by atoms with E-state index in [1.54, 1.807) is 12.1 Å². The lowest BCUT2D eigenvalue weighted by Crippen LogP contribution is -2.05. The second kappa shape index (κ2) is 15.5. The van der Waals surface area contributed by atoms with Gasteiger partial charge in [0.2, 0.25) is 0 Å². The van der Waals surface area contributed by atoms with Crippen molar-refractivity contribution in [2.45, 2.75) is 27.7 Å². The summed E-state index contributed by atoms with van der Waals surface area (Å²) in [5, 5.41) is 35.8. The fourth-order valence-corrected chi connectivity index (χ4v) is 9.47. The molecule has 0 unspecified atom stereocenters. The van der Waals surface area contributed by atoms with Crippen LogP contribution in [0.25, 0.3) is 100 Å². The lowest BCUT2D eigenvalue weighted by molar-refractivity contribution is 0.928. The summed E-state index contributed by atoms with van der Waals surface area (Å²) in [4.78, 5) is 27.6. The molecule has 0 spiro atoms. The third-order valence-electron chi connectivity index (χ3n) is 12.1. The molecule has 0 aliphatic carbocycles. The molecule has 11 aromatic rings. The first kappa shape index (κ1) is 39.5. The average molecular weight is 850 g/mol. The summed E-state index contributed by atoms with van der Waals surface area (Å²) in [6.07, 6.45) is 0. The lowest BCUT2D eigenvalue weighted by Gasteiger charge is -2.23. The van der Waals surface area contributed by atoms with E-state index in [4.69, 9.17) is 0 Å². The Hall–Kier alpha value is -9.37. The number of hydrogen-bond acceptors (Lipinski definition) is 9. The normalized spacial score (nSPS) is 11.3. The van der Waals surface area contributed by atoms with Gasteiger partial charge in [0.1, 0.15) is 23.3 Å². The first-order valence-corrected chi connectivity index (χ1v) is 21.3. The van der Waals surface area contributed by atoms with Gasteiger partial charge in [-0.1, -0.05) is 60.7 Å². The highest BCUT2D eigenvalue weighted by molar-refractivity contribution is 6.13. The van der Waals surface area contributed by atoms with Crippen LogP contribution in [0.5, 0.6) is 0 Å². The van der Waals surface area contributed by atoms with Gasteiger partial charge in [-0.25, -0.2) is 29.9 Å². The van der Waals surface area contributed by atoms with E-state index >= 15 is 0 Å². The number of aryl methyl sites for hydroxylation is 4. The number of nitrogens with zero attached hydrogens (tertiary/aromatic N) is 11. The fourth-order valence-electron chi connectivity index (χ4n) is 9.47. The van der Waals surface area contributed by atoms with Gasteiger partial charge in [-0.05, 0) is 112 Å². The molecule has 11 nitrogen and oxygen atoms in total. The highest BCUT2D eigenvalue weighted by atomic mass is 15.0. The van der Waals surface area contributed by atoms with Crippen molar-refractivity contribution >= 4 is 43.6 Å². The molecule has 4 aromatic heterocycles. The van der Waals surface area contributed by atoms with Crippen molar-refractivity contribution in [3.8, 4) is 74.6 Å². The van der Waals surface area contributed by atoms with Crippen molar-refractivity contribution in [2.75, 3.05) is 0 Å². The minimum Gasteiger partial charge on any atom is -0.309 e. The second-order valence-corrected chi connectivity index (χ2v) is 16.2. The Morgan fingerprint density at radius 1 is 0.379 bits per heavy atom. The van der Waals surface area contributed by atoms with Gasteiger partial charge in [-0.15, -0.1) is 0 Å². The number of nitriles is 3. The third kappa shape index (κ3) is 6.32. The van der Waals surface area contributed by atoms with Crippen LogP contribution in [0.1, 0.15) is 40.0 Å². The van der Waals surface area contributed by atoms with E-state index in [0.717, 1.165) is 77.2 Å². The fraction of sp³-hybridized carbons (Fsp3) is 0.0727. The Morgan fingerprint density at radius 3 is 1.38 bits per heavy atom. The largest absolute Gasteiger partial charge is 0.309 e. The van der Waals surface area contributed by atoms with Crippen molar-refractivity contribution in [3.05, 3.63) is 180 Å². The standard InChI is InChI=1S/C55H35N11/c1-31-59-32(2)62-54(61-31)36-20-23-48-44(26-36)41-12-5-7-15-46(41)65(48)50-17-9-11-38(29-57)52(50)53-43(40-22-19-35(28-56)25-39(40)30-58)14-10-18-51(53)66-47-16-8-6-13-42(47)45-27-37(21-24-49(45)66)55-63-33(3)60-34(4)64-55/h5-27H,1-4H3. The summed E-state index contributed by atoms with van der Waals surface area (Å²) in [5.41, 5.74) is 10.9. The van der Waals surface area contributed by atoms with Gasteiger partial charge in [0.25, 0.3) is 0 Å². The van der Waals surface area contributed by atoms with Crippen molar-refractivity contribution < 1.29 is 0 Å². The smallest absolute Gasteiger partial charge is 0.163 e. The van der Waals surface area contributed by atoms with Crippen LogP contribution in [0.3, 0.4) is 0 Å². The van der Waals surface area contributed by atoms with Gasteiger partial charge in [-0.2, -0.15) is 15.8 Å². The van der Waals surface area contributed by atoms with Crippen LogP contribution in [0, 0.1) is 61.7 Å². The first-order chi connectivity index (χ1) is 32.2. The van der Waals surface area contributed by atoms with E-state index in [2.05, 4.69) is 118 Å². The molecule has 0 amide bonds. The van der Waals surface area contributed by atoms with E-state index in [0.29, 0.717) is 62.8 Å². The number of para-hydroxylation sites is 2. The quantitative estimate of drug-likeness (QED) is 0.159. The summed E-state index contributed by atoms with van der Waals surface area (Å²) in [6.45, 7) is 7.47. The first-order valence-electron chi connectivity index (χ1n) is 21.3. The SMILES string of the molecule is Cc1nc(C)nc(-c2ccc3c(c2)c2ccccc2n3-c2cccc(C#N)c2-c2c(-c3ccc(C#N)cc3C#N)cccc2-n2c3ccccc3c3cc(-c4nc(C)nc(C)n4)ccc32)n1. The van der Waals surface area contributed by atoms with Crippen LogP contribution in [0.15, 0.2) is 140 Å². The molecule has 0 saturated heterocycles. The molecular formula is C55H35N11. The monoisotopic (exact) mass is 849 g/mol. The predicted molar refractivity (Wildman–Crippen MR) is 257 cm³/mol. The average Bonchev–Trinajstić information content (AvgIpc) is 3.84. The predicted octanol–water partition coefficient (Wildman–Crippen LogP) is 11.8. The van der Waals surface area contributed by atoms with Gasteiger partial charge in [0, 0.05) is 49.4 Å². The second-order valence-electron chi connectivity index (χ2n) is 16.2. The molecule has 0 saturated carbocycles. The van der Waals surface area contributed by atoms with E-state index in [9.17, 15) is 15.8 Å². The maximum absolute atomic E-state index is 11.2. The molecule has 0 N–H and O–H groups in total. The van der Waals surface area contributed by atoms with Crippen LogP contribution in [0.4, 0.5) is 0 Å². The highest BCUT2D eigenvalue weighted by Crippen LogP contribution is 2.47. The topological polar surface area (TPSA) is 159 Å². The van der Waals surface area contributed by atoms with E-state index in [1.807, 2.05) is 94.4 Å². The molecular weight excluding hydrogens is 815 g/mol. The van der Waals surface area contributed by atoms with Crippen molar-refractivity contribution in [1.29, 1.82) is 15.8 Å². The Bertz CT molecular complexity index is 3950. The highest BCUT2D eigenvalue weighted by Gasteiger charge is 2.27. The van der Waals surface area contributed by atoms with E-state index < -0.39 is 0 Å². The molecule has 66 heavy (non-hydrogen) atoms. The molecule has 11 rings (SSSR count). The number of aromatic nitrogens is 8. The Labute approximate surface area is 378 Å². The summed E-state index contributed by atoms with van der Waals surface area (Å²) in [7, 11) is 0. The van der Waals surface area contributed by atoms with Crippen molar-refractivity contribution in [3.63, 3.8) is 0 Å². The number of hydrogen-bond donors (Lipinski definition) is 0. The van der Waals surface area contributed by atoms with Gasteiger partial charge < -0.3 is 9.13 Å². The zero-order valence-electron chi connectivity index (χ0n) is 36.2. The van der Waals surface area contributed by atoms with Gasteiger partial charge in [0.05, 0.1) is 68.3 Å². The molecule has 4 heterocycles. The minimum absolute atomic E-state index is 0.339. The summed E-state index contributed by atoms with van der Waals surface area (Å²) in [6, 6.07) is 53.2. The van der Waals surface area contributed by atoms with Gasteiger partial charge >= 0.3 is 0 Å². The number of fused-ring (bicyclic) bond motifs is 6. The number of benzene rings is 7. The molecule has 310 valence electrons. The van der Waals surface area contributed by atoms with Crippen LogP contribution < -0.4 is 0 Å². The van der Waals surface area contributed by atoms with Gasteiger partial charge in [0.15, 0.2) is 11.6 Å².